The lowest BCUT2D eigenvalue weighted by molar-refractivity contribution is -0.117. The minimum absolute atomic E-state index is 0.0807. The molecule has 1 aromatic heterocycles. The molecule has 4 heteroatoms. The van der Waals surface area contributed by atoms with Crippen molar-refractivity contribution in [2.45, 2.75) is 19.9 Å². The van der Waals surface area contributed by atoms with E-state index in [4.69, 9.17) is 0 Å². The molecule has 0 aliphatic heterocycles. The SMILES string of the molecule is Cc1nc(-c2ccccc2)sc1C(C)NC(=O)/C=C/c1ccccc1. The number of rotatable bonds is 5. The lowest BCUT2D eigenvalue weighted by atomic mass is 10.2. The highest BCUT2D eigenvalue weighted by Crippen LogP contribution is 2.31. The highest BCUT2D eigenvalue weighted by molar-refractivity contribution is 7.15. The van der Waals surface area contributed by atoms with Crippen LogP contribution in [0.4, 0.5) is 0 Å². The molecule has 2 aromatic carbocycles. The Kier molecular flexibility index (Phi) is 5.41. The van der Waals surface area contributed by atoms with Crippen molar-refractivity contribution in [2.24, 2.45) is 0 Å². The number of aryl methyl sites for hydroxylation is 1. The molecule has 0 radical (unpaired) electrons. The van der Waals surface area contributed by atoms with Gasteiger partial charge in [0.05, 0.1) is 16.6 Å². The largest absolute Gasteiger partial charge is 0.345 e. The molecule has 1 N–H and O–H groups in total. The van der Waals surface area contributed by atoms with Crippen LogP contribution in [0, 0.1) is 6.92 Å². The molecule has 1 heterocycles. The predicted octanol–water partition coefficient (Wildman–Crippen LogP) is 5.01. The Hall–Kier alpha value is -2.72. The molecular formula is C21H20N2OS. The number of amides is 1. The van der Waals surface area contributed by atoms with E-state index >= 15 is 0 Å². The zero-order valence-corrected chi connectivity index (χ0v) is 15.1. The van der Waals surface area contributed by atoms with Gasteiger partial charge in [0.2, 0.25) is 5.91 Å². The summed E-state index contributed by atoms with van der Waals surface area (Å²) in [6.07, 6.45) is 3.39. The lowest BCUT2D eigenvalue weighted by Gasteiger charge is -2.11. The minimum atomic E-state index is -0.106. The monoisotopic (exact) mass is 348 g/mol. The van der Waals surface area contributed by atoms with E-state index in [-0.39, 0.29) is 11.9 Å². The first kappa shape index (κ1) is 17.1. The molecule has 0 saturated carbocycles. The van der Waals surface area contributed by atoms with Crippen molar-refractivity contribution in [2.75, 3.05) is 0 Å². The summed E-state index contributed by atoms with van der Waals surface area (Å²) in [5.41, 5.74) is 3.07. The molecule has 0 fully saturated rings. The van der Waals surface area contributed by atoms with E-state index in [0.717, 1.165) is 26.7 Å². The third-order valence-corrected chi connectivity index (χ3v) is 5.22. The topological polar surface area (TPSA) is 42.0 Å². The van der Waals surface area contributed by atoms with Crippen molar-refractivity contribution in [3.8, 4) is 10.6 Å². The molecule has 0 bridgehead atoms. The van der Waals surface area contributed by atoms with Crippen LogP contribution < -0.4 is 5.32 Å². The summed E-state index contributed by atoms with van der Waals surface area (Å²) in [6.45, 7) is 3.98. The van der Waals surface area contributed by atoms with E-state index in [1.54, 1.807) is 17.4 Å². The van der Waals surface area contributed by atoms with Gasteiger partial charge in [0.1, 0.15) is 5.01 Å². The normalized spacial score (nSPS) is 12.2. The Morgan fingerprint density at radius 1 is 1.08 bits per heavy atom. The molecule has 3 rings (SSSR count). The molecule has 0 aliphatic carbocycles. The number of carbonyl (C=O) groups is 1. The number of nitrogens with one attached hydrogen (secondary N) is 1. The van der Waals surface area contributed by atoms with E-state index in [0.29, 0.717) is 0 Å². The van der Waals surface area contributed by atoms with E-state index < -0.39 is 0 Å². The van der Waals surface area contributed by atoms with Crippen LogP contribution in [0.15, 0.2) is 66.7 Å². The third kappa shape index (κ3) is 4.43. The number of carbonyl (C=O) groups excluding carboxylic acids is 1. The molecule has 25 heavy (non-hydrogen) atoms. The fraction of sp³-hybridized carbons (Fsp3) is 0.143. The second kappa shape index (κ2) is 7.90. The van der Waals surface area contributed by atoms with E-state index in [1.807, 2.05) is 80.6 Å². The molecule has 126 valence electrons. The maximum atomic E-state index is 12.2. The maximum absolute atomic E-state index is 12.2. The predicted molar refractivity (Wildman–Crippen MR) is 104 cm³/mol. The summed E-state index contributed by atoms with van der Waals surface area (Å²) in [7, 11) is 0. The molecule has 3 aromatic rings. The van der Waals surface area contributed by atoms with Crippen LogP contribution in [0.25, 0.3) is 16.6 Å². The Morgan fingerprint density at radius 3 is 2.40 bits per heavy atom. The van der Waals surface area contributed by atoms with Gasteiger partial charge in [-0.2, -0.15) is 0 Å². The summed E-state index contributed by atoms with van der Waals surface area (Å²) in [6, 6.07) is 19.8. The Balaban J connectivity index is 1.69. The summed E-state index contributed by atoms with van der Waals surface area (Å²) in [5.74, 6) is -0.106. The van der Waals surface area contributed by atoms with Crippen LogP contribution >= 0.6 is 11.3 Å². The van der Waals surface area contributed by atoms with E-state index in [2.05, 4.69) is 10.3 Å². The number of hydrogen-bond donors (Lipinski definition) is 1. The summed E-state index contributed by atoms with van der Waals surface area (Å²) in [4.78, 5) is 17.9. The van der Waals surface area contributed by atoms with Gasteiger partial charge in [-0.15, -0.1) is 11.3 Å². The van der Waals surface area contributed by atoms with Crippen molar-refractivity contribution in [3.63, 3.8) is 0 Å². The van der Waals surface area contributed by atoms with Gasteiger partial charge in [-0.05, 0) is 25.5 Å². The number of benzene rings is 2. The highest BCUT2D eigenvalue weighted by atomic mass is 32.1. The van der Waals surface area contributed by atoms with Gasteiger partial charge in [0.15, 0.2) is 0 Å². The van der Waals surface area contributed by atoms with Crippen LogP contribution in [0.2, 0.25) is 0 Å². The highest BCUT2D eigenvalue weighted by Gasteiger charge is 2.16. The van der Waals surface area contributed by atoms with Crippen molar-refractivity contribution >= 4 is 23.3 Å². The van der Waals surface area contributed by atoms with Crippen molar-refractivity contribution in [1.82, 2.24) is 10.3 Å². The number of hydrogen-bond acceptors (Lipinski definition) is 3. The Morgan fingerprint density at radius 2 is 1.72 bits per heavy atom. The fourth-order valence-electron chi connectivity index (χ4n) is 2.58. The molecule has 3 nitrogen and oxygen atoms in total. The molecule has 1 atom stereocenters. The lowest BCUT2D eigenvalue weighted by Crippen LogP contribution is -2.24. The van der Waals surface area contributed by atoms with Crippen molar-refractivity contribution < 1.29 is 4.79 Å². The molecule has 0 aliphatic rings. The maximum Gasteiger partial charge on any atom is 0.244 e. The second-order valence-electron chi connectivity index (χ2n) is 5.81. The zero-order chi connectivity index (χ0) is 17.6. The smallest absolute Gasteiger partial charge is 0.244 e. The van der Waals surface area contributed by atoms with Gasteiger partial charge in [-0.1, -0.05) is 60.7 Å². The van der Waals surface area contributed by atoms with Gasteiger partial charge in [-0.3, -0.25) is 4.79 Å². The summed E-state index contributed by atoms with van der Waals surface area (Å²) in [5, 5.41) is 4.00. The van der Waals surface area contributed by atoms with Crippen LogP contribution in [-0.4, -0.2) is 10.9 Å². The summed E-state index contributed by atoms with van der Waals surface area (Å²) >= 11 is 1.63. The summed E-state index contributed by atoms with van der Waals surface area (Å²) < 4.78 is 0. The number of thiazole rings is 1. The van der Waals surface area contributed by atoms with Gasteiger partial charge in [-0.25, -0.2) is 4.98 Å². The van der Waals surface area contributed by atoms with E-state index in [9.17, 15) is 4.79 Å². The third-order valence-electron chi connectivity index (χ3n) is 3.83. The second-order valence-corrected chi connectivity index (χ2v) is 6.84. The van der Waals surface area contributed by atoms with Crippen LogP contribution in [0.3, 0.4) is 0 Å². The molecule has 1 unspecified atom stereocenters. The Bertz CT molecular complexity index is 869. The van der Waals surface area contributed by atoms with Gasteiger partial charge >= 0.3 is 0 Å². The van der Waals surface area contributed by atoms with Crippen molar-refractivity contribution in [3.05, 3.63) is 82.9 Å². The molecule has 1 amide bonds. The molecule has 0 spiro atoms. The van der Waals surface area contributed by atoms with Crippen LogP contribution in [-0.2, 0) is 4.79 Å². The van der Waals surface area contributed by atoms with Gasteiger partial charge in [0.25, 0.3) is 0 Å². The standard InChI is InChI=1S/C21H20N2OS/c1-15(22-19(24)14-13-17-9-5-3-6-10-17)20-16(2)23-21(25-20)18-11-7-4-8-12-18/h3-15H,1-2H3,(H,22,24)/b14-13+. The fourth-order valence-corrected chi connectivity index (χ4v) is 3.65. The number of nitrogens with zero attached hydrogens (tertiary/aromatic N) is 1. The molecular weight excluding hydrogens is 328 g/mol. The molecule has 0 saturated heterocycles. The first-order valence-corrected chi connectivity index (χ1v) is 9.01. The quantitative estimate of drug-likeness (QED) is 0.659. The average Bonchev–Trinajstić information content (AvgIpc) is 3.03. The zero-order valence-electron chi connectivity index (χ0n) is 14.3. The van der Waals surface area contributed by atoms with E-state index in [1.165, 1.54) is 0 Å². The van der Waals surface area contributed by atoms with Gasteiger partial charge in [0, 0.05) is 11.6 Å². The first-order chi connectivity index (χ1) is 12.1. The average molecular weight is 348 g/mol. The van der Waals surface area contributed by atoms with Crippen LogP contribution in [0.1, 0.15) is 29.1 Å². The van der Waals surface area contributed by atoms with Gasteiger partial charge < -0.3 is 5.32 Å². The Labute approximate surface area is 152 Å². The first-order valence-electron chi connectivity index (χ1n) is 8.20. The van der Waals surface area contributed by atoms with Crippen molar-refractivity contribution in [1.29, 1.82) is 0 Å². The minimum Gasteiger partial charge on any atom is -0.345 e. The number of aromatic nitrogens is 1. The van der Waals surface area contributed by atoms with Crippen LogP contribution in [0.5, 0.6) is 0 Å².